The van der Waals surface area contributed by atoms with E-state index in [1.165, 1.54) is 0 Å². The molecule has 27 heavy (non-hydrogen) atoms. The highest BCUT2D eigenvalue weighted by molar-refractivity contribution is 5.94. The first kappa shape index (κ1) is 19.8. The first-order valence-corrected chi connectivity index (χ1v) is 10.1. The third-order valence-electron chi connectivity index (χ3n) is 5.43. The van der Waals surface area contributed by atoms with Gasteiger partial charge < -0.3 is 15.0 Å². The molecule has 0 aromatic heterocycles. The summed E-state index contributed by atoms with van der Waals surface area (Å²) in [4.78, 5) is 29.4. The maximum Gasteiger partial charge on any atom is 0.253 e. The van der Waals surface area contributed by atoms with Crippen LogP contribution in [0.5, 0.6) is 0 Å². The molecule has 0 radical (unpaired) electrons. The van der Waals surface area contributed by atoms with Crippen molar-refractivity contribution in [3.05, 3.63) is 35.4 Å². The lowest BCUT2D eigenvalue weighted by molar-refractivity contribution is -0.126. The topological polar surface area (TPSA) is 61.9 Å². The number of nitrogens with one attached hydrogen (secondary N) is 1. The van der Waals surface area contributed by atoms with Crippen LogP contribution >= 0.6 is 0 Å². The number of hydrogen-bond acceptors (Lipinski definition) is 4. The van der Waals surface area contributed by atoms with Gasteiger partial charge in [-0.1, -0.05) is 17.7 Å². The molecule has 1 aromatic rings. The fourth-order valence-corrected chi connectivity index (χ4v) is 3.74. The van der Waals surface area contributed by atoms with Crippen molar-refractivity contribution in [3.63, 3.8) is 0 Å². The molecule has 1 atom stereocenters. The highest BCUT2D eigenvalue weighted by Crippen LogP contribution is 2.19. The molecular formula is C21H31N3O3. The summed E-state index contributed by atoms with van der Waals surface area (Å²) < 4.78 is 5.35. The number of amides is 2. The van der Waals surface area contributed by atoms with Gasteiger partial charge in [-0.2, -0.15) is 0 Å². The lowest BCUT2D eigenvalue weighted by Gasteiger charge is -2.32. The van der Waals surface area contributed by atoms with Crippen LogP contribution < -0.4 is 5.32 Å². The molecule has 2 aliphatic rings. The molecule has 1 aromatic carbocycles. The van der Waals surface area contributed by atoms with Gasteiger partial charge in [0, 0.05) is 38.3 Å². The summed E-state index contributed by atoms with van der Waals surface area (Å²) in [5, 5.41) is 3.06. The molecular weight excluding hydrogens is 342 g/mol. The number of carbonyl (C=O) groups excluding carboxylic acids is 2. The number of morpholine rings is 1. The highest BCUT2D eigenvalue weighted by Gasteiger charge is 2.28. The van der Waals surface area contributed by atoms with Gasteiger partial charge >= 0.3 is 0 Å². The van der Waals surface area contributed by atoms with E-state index in [1.807, 2.05) is 36.1 Å². The summed E-state index contributed by atoms with van der Waals surface area (Å²) in [5.74, 6) is 0.00901. The molecule has 2 aliphatic heterocycles. The fourth-order valence-electron chi connectivity index (χ4n) is 3.74. The smallest absolute Gasteiger partial charge is 0.253 e. The maximum absolute atomic E-state index is 12.7. The van der Waals surface area contributed by atoms with Crippen molar-refractivity contribution in [1.29, 1.82) is 0 Å². The van der Waals surface area contributed by atoms with Crippen LogP contribution in [0.15, 0.2) is 24.3 Å². The van der Waals surface area contributed by atoms with Crippen molar-refractivity contribution in [2.75, 3.05) is 52.5 Å². The Hall–Kier alpha value is -1.92. The Morgan fingerprint density at radius 1 is 1.15 bits per heavy atom. The van der Waals surface area contributed by atoms with Gasteiger partial charge in [-0.05, 0) is 44.9 Å². The highest BCUT2D eigenvalue weighted by atomic mass is 16.5. The molecule has 3 rings (SSSR count). The van der Waals surface area contributed by atoms with E-state index in [2.05, 4.69) is 10.2 Å². The largest absolute Gasteiger partial charge is 0.379 e. The van der Waals surface area contributed by atoms with Gasteiger partial charge in [0.25, 0.3) is 5.91 Å². The fraction of sp³-hybridized carbons (Fsp3) is 0.619. The van der Waals surface area contributed by atoms with Crippen molar-refractivity contribution in [2.45, 2.75) is 26.2 Å². The normalized spacial score (nSPS) is 21.1. The standard InChI is InChI=1S/C21H31N3O3/c1-17-5-7-18(8-6-17)21(26)24-11-2-4-19(16-24)20(25)22-9-3-10-23-12-14-27-15-13-23/h5-8,19H,2-4,9-16H2,1H3,(H,22,25). The summed E-state index contributed by atoms with van der Waals surface area (Å²) in [6, 6.07) is 7.64. The Morgan fingerprint density at radius 2 is 1.89 bits per heavy atom. The number of likely N-dealkylation sites (tertiary alicyclic amines) is 1. The number of hydrogen-bond donors (Lipinski definition) is 1. The van der Waals surface area contributed by atoms with E-state index in [0.717, 1.165) is 64.2 Å². The third-order valence-corrected chi connectivity index (χ3v) is 5.43. The van der Waals surface area contributed by atoms with Crippen molar-refractivity contribution < 1.29 is 14.3 Å². The van der Waals surface area contributed by atoms with Crippen LogP contribution in [0.25, 0.3) is 0 Å². The van der Waals surface area contributed by atoms with E-state index in [1.54, 1.807) is 0 Å². The van der Waals surface area contributed by atoms with Crippen LogP contribution in [0.1, 0.15) is 35.2 Å². The zero-order valence-electron chi connectivity index (χ0n) is 16.3. The summed E-state index contributed by atoms with van der Waals surface area (Å²) in [6.45, 7) is 8.51. The van der Waals surface area contributed by atoms with E-state index in [9.17, 15) is 9.59 Å². The number of carbonyl (C=O) groups is 2. The van der Waals surface area contributed by atoms with E-state index in [-0.39, 0.29) is 17.7 Å². The average Bonchev–Trinajstić information content (AvgIpc) is 2.72. The minimum absolute atomic E-state index is 0.0276. The maximum atomic E-state index is 12.7. The molecule has 6 heteroatoms. The minimum Gasteiger partial charge on any atom is -0.379 e. The third kappa shape index (κ3) is 5.78. The zero-order valence-corrected chi connectivity index (χ0v) is 16.3. The summed E-state index contributed by atoms with van der Waals surface area (Å²) in [6.07, 6.45) is 2.68. The van der Waals surface area contributed by atoms with E-state index in [0.29, 0.717) is 18.7 Å². The lowest BCUT2D eigenvalue weighted by atomic mass is 9.96. The molecule has 2 heterocycles. The summed E-state index contributed by atoms with van der Waals surface area (Å²) >= 11 is 0. The van der Waals surface area contributed by atoms with Gasteiger partial charge in [0.1, 0.15) is 0 Å². The molecule has 2 fully saturated rings. The molecule has 0 spiro atoms. The molecule has 0 bridgehead atoms. The number of nitrogens with zero attached hydrogens (tertiary/aromatic N) is 2. The van der Waals surface area contributed by atoms with Gasteiger partial charge in [-0.3, -0.25) is 14.5 Å². The summed E-state index contributed by atoms with van der Waals surface area (Å²) in [5.41, 5.74) is 1.84. The first-order valence-electron chi connectivity index (χ1n) is 10.1. The Kier molecular flexibility index (Phi) is 7.24. The molecule has 148 valence electrons. The van der Waals surface area contributed by atoms with Gasteiger partial charge in [-0.15, -0.1) is 0 Å². The monoisotopic (exact) mass is 373 g/mol. The Labute approximate surface area is 161 Å². The van der Waals surface area contributed by atoms with Gasteiger partial charge in [-0.25, -0.2) is 0 Å². The van der Waals surface area contributed by atoms with Gasteiger partial charge in [0.05, 0.1) is 19.1 Å². The number of benzene rings is 1. The van der Waals surface area contributed by atoms with Crippen LogP contribution in [0.3, 0.4) is 0 Å². The second-order valence-corrected chi connectivity index (χ2v) is 7.55. The molecule has 0 aliphatic carbocycles. The van der Waals surface area contributed by atoms with E-state index < -0.39 is 0 Å². The molecule has 2 saturated heterocycles. The van der Waals surface area contributed by atoms with Crippen LogP contribution in [0, 0.1) is 12.8 Å². The van der Waals surface area contributed by atoms with E-state index in [4.69, 9.17) is 4.74 Å². The molecule has 0 saturated carbocycles. The van der Waals surface area contributed by atoms with Crippen LogP contribution in [0.4, 0.5) is 0 Å². The van der Waals surface area contributed by atoms with Crippen LogP contribution in [-0.2, 0) is 9.53 Å². The number of piperidine rings is 1. The van der Waals surface area contributed by atoms with Crippen molar-refractivity contribution in [2.24, 2.45) is 5.92 Å². The van der Waals surface area contributed by atoms with Crippen molar-refractivity contribution in [3.8, 4) is 0 Å². The number of ether oxygens (including phenoxy) is 1. The van der Waals surface area contributed by atoms with Gasteiger partial charge in [0.15, 0.2) is 0 Å². The molecule has 2 amide bonds. The number of aryl methyl sites for hydroxylation is 1. The van der Waals surface area contributed by atoms with Crippen LogP contribution in [0.2, 0.25) is 0 Å². The Bertz CT molecular complexity index is 626. The van der Waals surface area contributed by atoms with Gasteiger partial charge in [0.2, 0.25) is 5.91 Å². The molecule has 6 nitrogen and oxygen atoms in total. The molecule has 1 unspecified atom stereocenters. The number of rotatable bonds is 6. The summed E-state index contributed by atoms with van der Waals surface area (Å²) in [7, 11) is 0. The first-order chi connectivity index (χ1) is 13.1. The lowest BCUT2D eigenvalue weighted by Crippen LogP contribution is -2.46. The van der Waals surface area contributed by atoms with Crippen molar-refractivity contribution >= 4 is 11.8 Å². The van der Waals surface area contributed by atoms with E-state index >= 15 is 0 Å². The Balaban J connectivity index is 1.42. The predicted octanol–water partition coefficient (Wildman–Crippen LogP) is 1.69. The predicted molar refractivity (Wildman–Crippen MR) is 105 cm³/mol. The SMILES string of the molecule is Cc1ccc(C(=O)N2CCCC(C(=O)NCCCN3CCOCC3)C2)cc1. The van der Waals surface area contributed by atoms with Crippen LogP contribution in [-0.4, -0.2) is 74.1 Å². The average molecular weight is 373 g/mol. The quantitative estimate of drug-likeness (QED) is 0.771. The molecule has 1 N–H and O–H groups in total. The second kappa shape index (κ2) is 9.85. The van der Waals surface area contributed by atoms with Crippen molar-refractivity contribution in [1.82, 2.24) is 15.1 Å². The minimum atomic E-state index is -0.100. The Morgan fingerprint density at radius 3 is 2.63 bits per heavy atom. The second-order valence-electron chi connectivity index (χ2n) is 7.55. The zero-order chi connectivity index (χ0) is 19.1.